The first-order valence-corrected chi connectivity index (χ1v) is 4.39. The van der Waals surface area contributed by atoms with Gasteiger partial charge in [-0.25, -0.2) is 8.78 Å². The van der Waals surface area contributed by atoms with Gasteiger partial charge in [0.15, 0.2) is 0 Å². The topological polar surface area (TPSA) is 32.3 Å². The summed E-state index contributed by atoms with van der Waals surface area (Å²) in [4.78, 5) is 0. The van der Waals surface area contributed by atoms with Crippen LogP contribution < -0.4 is 5.32 Å². The highest BCUT2D eigenvalue weighted by molar-refractivity contribution is 4.75. The number of hydrogen-bond donors (Lipinski definition) is 2. The summed E-state index contributed by atoms with van der Waals surface area (Å²) in [5, 5.41) is 11.7. The van der Waals surface area contributed by atoms with Crippen LogP contribution in [0.5, 0.6) is 0 Å². The maximum atomic E-state index is 11.8. The molecule has 4 heteroatoms. The summed E-state index contributed by atoms with van der Waals surface area (Å²) < 4.78 is 23.6. The highest BCUT2D eigenvalue weighted by Gasteiger charge is 2.20. The lowest BCUT2D eigenvalue weighted by atomic mass is 10.2. The summed E-state index contributed by atoms with van der Waals surface area (Å²) in [6, 6.07) is 0.346. The first-order chi connectivity index (χ1) is 5.70. The van der Waals surface area contributed by atoms with Gasteiger partial charge in [-0.3, -0.25) is 0 Å². The number of nitrogens with one attached hydrogen (secondary N) is 1. The van der Waals surface area contributed by atoms with Crippen molar-refractivity contribution in [3.63, 3.8) is 0 Å². The summed E-state index contributed by atoms with van der Waals surface area (Å²) in [5.41, 5.74) is 0. The molecule has 0 amide bonds. The van der Waals surface area contributed by atoms with E-state index in [1.807, 2.05) is 0 Å². The normalized spacial score (nSPS) is 22.0. The minimum Gasteiger partial charge on any atom is -0.386 e. The Morgan fingerprint density at radius 2 is 1.92 bits per heavy atom. The predicted octanol–water partition coefficient (Wildman–Crippen LogP) is 1.14. The van der Waals surface area contributed by atoms with Gasteiger partial charge in [-0.2, -0.15) is 0 Å². The van der Waals surface area contributed by atoms with E-state index in [1.54, 1.807) is 0 Å². The van der Waals surface area contributed by atoms with Crippen molar-refractivity contribution in [2.45, 2.75) is 44.3 Å². The van der Waals surface area contributed by atoms with E-state index in [-0.39, 0.29) is 6.54 Å². The summed E-state index contributed by atoms with van der Waals surface area (Å²) in [6.45, 7) is 0.0162. The van der Waals surface area contributed by atoms with Gasteiger partial charge in [0, 0.05) is 12.6 Å². The van der Waals surface area contributed by atoms with Crippen LogP contribution in [-0.4, -0.2) is 30.2 Å². The van der Waals surface area contributed by atoms with Crippen LogP contribution in [0, 0.1) is 0 Å². The van der Waals surface area contributed by atoms with Crippen molar-refractivity contribution in [1.29, 1.82) is 0 Å². The predicted molar refractivity (Wildman–Crippen MR) is 42.3 cm³/mol. The third-order valence-electron chi connectivity index (χ3n) is 2.26. The van der Waals surface area contributed by atoms with Gasteiger partial charge < -0.3 is 10.4 Å². The van der Waals surface area contributed by atoms with E-state index < -0.39 is 12.5 Å². The van der Waals surface area contributed by atoms with Crippen LogP contribution in [0.1, 0.15) is 25.7 Å². The third kappa shape index (κ3) is 3.03. The summed E-state index contributed by atoms with van der Waals surface area (Å²) in [6.07, 6.45) is 0.307. The molecule has 0 radical (unpaired) electrons. The van der Waals surface area contributed by atoms with E-state index in [4.69, 9.17) is 5.11 Å². The number of rotatable bonds is 4. The van der Waals surface area contributed by atoms with Crippen LogP contribution in [0.2, 0.25) is 0 Å². The number of hydrogen-bond acceptors (Lipinski definition) is 2. The molecule has 12 heavy (non-hydrogen) atoms. The van der Waals surface area contributed by atoms with Gasteiger partial charge in [0.2, 0.25) is 0 Å². The second-order valence-electron chi connectivity index (χ2n) is 3.29. The maximum Gasteiger partial charge on any atom is 0.265 e. The molecule has 0 bridgehead atoms. The fourth-order valence-corrected chi connectivity index (χ4v) is 1.51. The Bertz CT molecular complexity index is 124. The van der Waals surface area contributed by atoms with E-state index in [2.05, 4.69) is 5.32 Å². The Morgan fingerprint density at radius 1 is 1.33 bits per heavy atom. The Balaban J connectivity index is 2.07. The summed E-state index contributed by atoms with van der Waals surface area (Å²) in [7, 11) is 0. The minimum absolute atomic E-state index is 0.0162. The van der Waals surface area contributed by atoms with Crippen LogP contribution in [0.4, 0.5) is 8.78 Å². The Kier molecular flexibility index (Phi) is 3.88. The van der Waals surface area contributed by atoms with Gasteiger partial charge in [-0.15, -0.1) is 0 Å². The molecule has 0 saturated heterocycles. The van der Waals surface area contributed by atoms with Crippen molar-refractivity contribution in [2.75, 3.05) is 6.54 Å². The molecule has 0 spiro atoms. The van der Waals surface area contributed by atoms with Crippen LogP contribution in [0.3, 0.4) is 0 Å². The van der Waals surface area contributed by atoms with Gasteiger partial charge in [0.05, 0.1) is 0 Å². The Labute approximate surface area is 71.0 Å². The molecule has 1 atom stereocenters. The molecular formula is C8H15F2NO. The van der Waals surface area contributed by atoms with Crippen molar-refractivity contribution in [3.05, 3.63) is 0 Å². The second-order valence-corrected chi connectivity index (χ2v) is 3.29. The highest BCUT2D eigenvalue weighted by Crippen LogP contribution is 2.17. The fourth-order valence-electron chi connectivity index (χ4n) is 1.51. The second kappa shape index (κ2) is 4.72. The molecular weight excluding hydrogens is 164 g/mol. The van der Waals surface area contributed by atoms with E-state index in [9.17, 15) is 8.78 Å². The quantitative estimate of drug-likeness (QED) is 0.678. The summed E-state index contributed by atoms with van der Waals surface area (Å²) >= 11 is 0. The van der Waals surface area contributed by atoms with Gasteiger partial charge in [-0.1, -0.05) is 12.8 Å². The molecule has 1 saturated carbocycles. The van der Waals surface area contributed by atoms with Crippen LogP contribution in [-0.2, 0) is 0 Å². The van der Waals surface area contributed by atoms with E-state index in [0.29, 0.717) is 6.04 Å². The first kappa shape index (κ1) is 9.86. The third-order valence-corrected chi connectivity index (χ3v) is 2.26. The van der Waals surface area contributed by atoms with Crippen molar-refractivity contribution in [3.8, 4) is 0 Å². The molecule has 1 unspecified atom stereocenters. The SMILES string of the molecule is OC(CNC1CCCC1)C(F)F. The largest absolute Gasteiger partial charge is 0.386 e. The highest BCUT2D eigenvalue weighted by atomic mass is 19.3. The zero-order valence-corrected chi connectivity index (χ0v) is 6.97. The molecule has 1 rings (SSSR count). The van der Waals surface area contributed by atoms with Crippen molar-refractivity contribution in [2.24, 2.45) is 0 Å². The van der Waals surface area contributed by atoms with Crippen molar-refractivity contribution in [1.82, 2.24) is 5.32 Å². The molecule has 1 fully saturated rings. The monoisotopic (exact) mass is 179 g/mol. The van der Waals surface area contributed by atoms with Gasteiger partial charge in [0.25, 0.3) is 6.43 Å². The van der Waals surface area contributed by atoms with E-state index in [0.717, 1.165) is 12.8 Å². The van der Waals surface area contributed by atoms with Crippen LogP contribution >= 0.6 is 0 Å². The number of aliphatic hydroxyl groups excluding tert-OH is 1. The average Bonchev–Trinajstić information content (AvgIpc) is 2.51. The van der Waals surface area contributed by atoms with Crippen LogP contribution in [0.25, 0.3) is 0 Å². The van der Waals surface area contributed by atoms with Gasteiger partial charge in [-0.05, 0) is 12.8 Å². The molecule has 1 aliphatic carbocycles. The number of aliphatic hydroxyl groups is 1. The molecule has 0 heterocycles. The van der Waals surface area contributed by atoms with Gasteiger partial charge in [0.1, 0.15) is 6.10 Å². The first-order valence-electron chi connectivity index (χ1n) is 4.39. The lowest BCUT2D eigenvalue weighted by Gasteiger charge is -2.15. The lowest BCUT2D eigenvalue weighted by Crippen LogP contribution is -2.37. The van der Waals surface area contributed by atoms with Gasteiger partial charge >= 0.3 is 0 Å². The Hall–Kier alpha value is -0.220. The molecule has 72 valence electrons. The van der Waals surface area contributed by atoms with Crippen molar-refractivity contribution >= 4 is 0 Å². The molecule has 0 aliphatic heterocycles. The molecule has 0 aromatic carbocycles. The average molecular weight is 179 g/mol. The molecule has 0 aromatic heterocycles. The fraction of sp³-hybridized carbons (Fsp3) is 1.00. The Morgan fingerprint density at radius 3 is 2.42 bits per heavy atom. The molecule has 0 aromatic rings. The molecule has 2 nitrogen and oxygen atoms in total. The van der Waals surface area contributed by atoms with Crippen LogP contribution in [0.15, 0.2) is 0 Å². The molecule has 2 N–H and O–H groups in total. The van der Waals surface area contributed by atoms with E-state index in [1.165, 1.54) is 12.8 Å². The lowest BCUT2D eigenvalue weighted by molar-refractivity contribution is -0.00450. The summed E-state index contributed by atoms with van der Waals surface area (Å²) in [5.74, 6) is 0. The zero-order chi connectivity index (χ0) is 8.97. The number of halogens is 2. The number of alkyl halides is 2. The zero-order valence-electron chi connectivity index (χ0n) is 6.97. The molecule has 1 aliphatic rings. The smallest absolute Gasteiger partial charge is 0.265 e. The van der Waals surface area contributed by atoms with Crippen molar-refractivity contribution < 1.29 is 13.9 Å². The standard InChI is InChI=1S/C8H15F2NO/c9-8(10)7(12)5-11-6-3-1-2-4-6/h6-8,11-12H,1-5H2. The van der Waals surface area contributed by atoms with E-state index >= 15 is 0 Å². The minimum atomic E-state index is -2.63. The maximum absolute atomic E-state index is 11.8.